The van der Waals surface area contributed by atoms with Crippen LogP contribution in [0.25, 0.3) is 0 Å². The summed E-state index contributed by atoms with van der Waals surface area (Å²) in [6.07, 6.45) is 1.79. The highest BCUT2D eigenvalue weighted by atomic mass is 32.1. The first-order valence-electron chi connectivity index (χ1n) is 3.50. The van der Waals surface area contributed by atoms with E-state index in [1.807, 2.05) is 5.38 Å². The number of aromatic nitrogens is 1. The smallest absolute Gasteiger partial charge is 0.166 e. The molecule has 58 valence electrons. The number of hydrogen-bond donors (Lipinski definition) is 0. The molecule has 0 aliphatic rings. The molecule has 1 aromatic rings. The van der Waals surface area contributed by atoms with Gasteiger partial charge in [0.05, 0.1) is 0 Å². The molecule has 0 radical (unpaired) electrons. The van der Waals surface area contributed by atoms with Crippen molar-refractivity contribution in [2.75, 3.05) is 0 Å². The fourth-order valence-electron chi connectivity index (χ4n) is 0.526. The topological polar surface area (TPSA) is 12.9 Å². The van der Waals surface area contributed by atoms with E-state index in [1.54, 1.807) is 17.5 Å². The molecule has 0 aromatic carbocycles. The lowest BCUT2D eigenvalue weighted by molar-refractivity contribution is 1.39. The van der Waals surface area contributed by atoms with Crippen molar-refractivity contribution >= 4 is 19.4 Å². The van der Waals surface area contributed by atoms with E-state index in [4.69, 9.17) is 0 Å². The molecule has 0 spiro atoms. The molecule has 3 heteroatoms. The van der Waals surface area contributed by atoms with E-state index in [0.29, 0.717) is 0 Å². The molecule has 1 aromatic heterocycles. The number of thiazole rings is 1. The number of nitrogens with zero attached hydrogens (tertiary/aromatic N) is 1. The van der Waals surface area contributed by atoms with Crippen molar-refractivity contribution in [3.05, 3.63) is 16.6 Å². The van der Waals surface area contributed by atoms with E-state index in [-0.39, 0.29) is 0 Å². The van der Waals surface area contributed by atoms with Gasteiger partial charge in [0.1, 0.15) is 8.07 Å². The third-order valence-electron chi connectivity index (χ3n) is 0.977. The molecule has 0 amide bonds. The van der Waals surface area contributed by atoms with Crippen LogP contribution in [0.4, 0.5) is 0 Å². The van der Waals surface area contributed by atoms with Crippen LogP contribution in [-0.2, 0) is 0 Å². The van der Waals surface area contributed by atoms with E-state index >= 15 is 0 Å². The fraction of sp³-hybridized carbons (Fsp3) is 0.375. The van der Waals surface area contributed by atoms with E-state index in [0.717, 1.165) is 5.01 Å². The van der Waals surface area contributed by atoms with Crippen LogP contribution in [0.2, 0.25) is 19.6 Å². The average molecular weight is 181 g/mol. The van der Waals surface area contributed by atoms with Crippen molar-refractivity contribution in [3.8, 4) is 11.5 Å². The Labute approximate surface area is 72.5 Å². The Morgan fingerprint density at radius 2 is 2.18 bits per heavy atom. The largest absolute Gasteiger partial charge is 0.236 e. The van der Waals surface area contributed by atoms with Gasteiger partial charge in [0.2, 0.25) is 0 Å². The summed E-state index contributed by atoms with van der Waals surface area (Å²) >= 11 is 1.60. The quantitative estimate of drug-likeness (QED) is 0.442. The van der Waals surface area contributed by atoms with Gasteiger partial charge in [-0.1, -0.05) is 19.6 Å². The first-order chi connectivity index (χ1) is 5.08. The highest BCUT2D eigenvalue weighted by Crippen LogP contribution is 2.03. The van der Waals surface area contributed by atoms with Gasteiger partial charge in [-0.05, 0) is 5.92 Å². The normalized spacial score (nSPS) is 10.5. The monoisotopic (exact) mass is 181 g/mol. The van der Waals surface area contributed by atoms with Gasteiger partial charge < -0.3 is 0 Å². The van der Waals surface area contributed by atoms with Gasteiger partial charge in [-0.2, -0.15) is 0 Å². The van der Waals surface area contributed by atoms with E-state index in [1.165, 1.54) is 0 Å². The van der Waals surface area contributed by atoms with Crippen molar-refractivity contribution < 1.29 is 0 Å². The maximum absolute atomic E-state index is 4.09. The molecule has 1 heterocycles. The predicted octanol–water partition coefficient (Wildman–Crippen LogP) is 2.37. The summed E-state index contributed by atoms with van der Waals surface area (Å²) in [6.45, 7) is 6.69. The van der Waals surface area contributed by atoms with Crippen molar-refractivity contribution in [3.63, 3.8) is 0 Å². The lowest BCUT2D eigenvalue weighted by atomic mass is 10.7. The van der Waals surface area contributed by atoms with E-state index in [2.05, 4.69) is 36.1 Å². The Kier molecular flexibility index (Phi) is 2.48. The summed E-state index contributed by atoms with van der Waals surface area (Å²) < 4.78 is 0. The molecule has 0 atom stereocenters. The SMILES string of the molecule is C[Si](C)(C)C#Cc1nccs1. The van der Waals surface area contributed by atoms with E-state index < -0.39 is 8.07 Å². The number of rotatable bonds is 0. The molecular weight excluding hydrogens is 170 g/mol. The molecule has 0 aliphatic heterocycles. The second-order valence-corrected chi connectivity index (χ2v) is 8.98. The lowest BCUT2D eigenvalue weighted by Gasteiger charge is -2.02. The fourth-order valence-corrected chi connectivity index (χ4v) is 1.59. The van der Waals surface area contributed by atoms with Gasteiger partial charge in [-0.25, -0.2) is 4.98 Å². The van der Waals surface area contributed by atoms with Crippen molar-refractivity contribution in [1.29, 1.82) is 0 Å². The van der Waals surface area contributed by atoms with Crippen LogP contribution in [0.1, 0.15) is 5.01 Å². The molecule has 0 N–H and O–H groups in total. The second kappa shape index (κ2) is 3.20. The highest BCUT2D eigenvalue weighted by molar-refractivity contribution is 7.10. The highest BCUT2D eigenvalue weighted by Gasteiger charge is 2.07. The maximum Gasteiger partial charge on any atom is 0.166 e. The zero-order valence-electron chi connectivity index (χ0n) is 7.01. The molecular formula is C8H11NSSi. The van der Waals surface area contributed by atoms with Crippen LogP contribution < -0.4 is 0 Å². The Bertz CT molecular complexity index is 273. The standard InChI is InChI=1S/C8H11NSSi/c1-11(2,3)7-4-8-9-5-6-10-8/h5-6H,1-3H3. The Morgan fingerprint density at radius 3 is 2.64 bits per heavy atom. The van der Waals surface area contributed by atoms with Crippen LogP contribution >= 0.6 is 11.3 Å². The summed E-state index contributed by atoms with van der Waals surface area (Å²) in [7, 11) is -1.21. The summed E-state index contributed by atoms with van der Waals surface area (Å²) in [5.41, 5.74) is 3.26. The summed E-state index contributed by atoms with van der Waals surface area (Å²) in [5.74, 6) is 3.08. The van der Waals surface area contributed by atoms with Gasteiger partial charge in [-0.15, -0.1) is 16.9 Å². The minimum Gasteiger partial charge on any atom is -0.236 e. The van der Waals surface area contributed by atoms with Crippen molar-refractivity contribution in [2.24, 2.45) is 0 Å². The first-order valence-corrected chi connectivity index (χ1v) is 7.88. The van der Waals surface area contributed by atoms with Crippen LogP contribution in [0.15, 0.2) is 11.6 Å². The summed E-state index contributed by atoms with van der Waals surface area (Å²) in [4.78, 5) is 4.09. The molecule has 0 fully saturated rings. The summed E-state index contributed by atoms with van der Waals surface area (Å²) in [5, 5.41) is 2.89. The Hall–Kier alpha value is -0.593. The molecule has 0 bridgehead atoms. The third-order valence-corrected chi connectivity index (χ3v) is 2.54. The minimum atomic E-state index is -1.21. The van der Waals surface area contributed by atoms with Crippen LogP contribution in [0.5, 0.6) is 0 Å². The predicted molar refractivity (Wildman–Crippen MR) is 52.3 cm³/mol. The lowest BCUT2D eigenvalue weighted by Crippen LogP contribution is -2.16. The van der Waals surface area contributed by atoms with Gasteiger partial charge in [0.25, 0.3) is 0 Å². The third kappa shape index (κ3) is 3.35. The maximum atomic E-state index is 4.09. The van der Waals surface area contributed by atoms with Gasteiger partial charge in [0.15, 0.2) is 5.01 Å². The molecule has 0 aliphatic carbocycles. The average Bonchev–Trinajstić information content (AvgIpc) is 2.32. The molecule has 1 nitrogen and oxygen atoms in total. The first kappa shape index (κ1) is 8.50. The zero-order chi connectivity index (χ0) is 8.32. The van der Waals surface area contributed by atoms with Crippen molar-refractivity contribution in [2.45, 2.75) is 19.6 Å². The molecule has 0 saturated carbocycles. The van der Waals surface area contributed by atoms with Gasteiger partial charge in [0, 0.05) is 11.6 Å². The molecule has 11 heavy (non-hydrogen) atoms. The van der Waals surface area contributed by atoms with Crippen LogP contribution in [0.3, 0.4) is 0 Å². The van der Waals surface area contributed by atoms with Crippen molar-refractivity contribution in [1.82, 2.24) is 4.98 Å². The Balaban J connectivity index is 2.74. The Morgan fingerprint density at radius 1 is 1.45 bits per heavy atom. The van der Waals surface area contributed by atoms with Gasteiger partial charge >= 0.3 is 0 Å². The van der Waals surface area contributed by atoms with E-state index in [9.17, 15) is 0 Å². The second-order valence-electron chi connectivity index (χ2n) is 3.34. The summed E-state index contributed by atoms with van der Waals surface area (Å²) in [6, 6.07) is 0. The van der Waals surface area contributed by atoms with Crippen LogP contribution in [-0.4, -0.2) is 13.1 Å². The zero-order valence-corrected chi connectivity index (χ0v) is 8.83. The van der Waals surface area contributed by atoms with Gasteiger partial charge in [-0.3, -0.25) is 0 Å². The molecule has 0 unspecified atom stereocenters. The number of hydrogen-bond acceptors (Lipinski definition) is 2. The van der Waals surface area contributed by atoms with Crippen LogP contribution in [0, 0.1) is 11.5 Å². The minimum absolute atomic E-state index is 0.937. The molecule has 1 rings (SSSR count). The molecule has 0 saturated heterocycles.